The largest absolute Gasteiger partial charge is 0.393 e. The van der Waals surface area contributed by atoms with Crippen LogP contribution in [0.1, 0.15) is 96.8 Å². The fraction of sp³-hybridized carbons (Fsp3) is 0.833. The Labute approximate surface area is 132 Å². The SMILES string of the molecule is CCCCCCCC/C=C\CCCCCCCC(N)=S. The van der Waals surface area contributed by atoms with E-state index in [2.05, 4.69) is 19.1 Å². The van der Waals surface area contributed by atoms with Gasteiger partial charge >= 0.3 is 0 Å². The molecule has 20 heavy (non-hydrogen) atoms. The first-order valence-corrected chi connectivity index (χ1v) is 9.11. The summed E-state index contributed by atoms with van der Waals surface area (Å²) in [5.41, 5.74) is 5.47. The average molecular weight is 298 g/mol. The van der Waals surface area contributed by atoms with Crippen LogP contribution in [0, 0.1) is 0 Å². The summed E-state index contributed by atoms with van der Waals surface area (Å²) in [7, 11) is 0. The first-order chi connectivity index (χ1) is 9.77. The molecule has 2 N–H and O–H groups in total. The van der Waals surface area contributed by atoms with E-state index >= 15 is 0 Å². The third kappa shape index (κ3) is 17.6. The quantitative estimate of drug-likeness (QED) is 0.218. The van der Waals surface area contributed by atoms with Crippen LogP contribution in [0.2, 0.25) is 0 Å². The number of unbranched alkanes of at least 4 members (excludes halogenated alkanes) is 11. The summed E-state index contributed by atoms with van der Waals surface area (Å²) in [4.78, 5) is 0.669. The van der Waals surface area contributed by atoms with Crippen molar-refractivity contribution in [1.82, 2.24) is 0 Å². The molecule has 0 saturated heterocycles. The zero-order valence-electron chi connectivity index (χ0n) is 13.5. The number of thiocarbonyl (C=S) groups is 1. The Balaban J connectivity index is 3.07. The fourth-order valence-corrected chi connectivity index (χ4v) is 2.51. The van der Waals surface area contributed by atoms with Gasteiger partial charge in [-0.3, -0.25) is 0 Å². The minimum Gasteiger partial charge on any atom is -0.393 e. The highest BCUT2D eigenvalue weighted by molar-refractivity contribution is 7.80. The van der Waals surface area contributed by atoms with Crippen molar-refractivity contribution in [2.24, 2.45) is 5.73 Å². The normalized spacial score (nSPS) is 11.2. The van der Waals surface area contributed by atoms with Gasteiger partial charge in [-0.25, -0.2) is 0 Å². The molecule has 0 aromatic heterocycles. The van der Waals surface area contributed by atoms with Crippen LogP contribution in [0.3, 0.4) is 0 Å². The van der Waals surface area contributed by atoms with Crippen molar-refractivity contribution in [1.29, 1.82) is 0 Å². The van der Waals surface area contributed by atoms with Crippen LogP contribution in [0.4, 0.5) is 0 Å². The number of rotatable bonds is 15. The molecule has 118 valence electrons. The van der Waals surface area contributed by atoms with Crippen molar-refractivity contribution in [3.8, 4) is 0 Å². The maximum Gasteiger partial charge on any atom is 0.0727 e. The molecule has 0 bridgehead atoms. The summed E-state index contributed by atoms with van der Waals surface area (Å²) in [6, 6.07) is 0. The third-order valence-electron chi connectivity index (χ3n) is 3.68. The second-order valence-electron chi connectivity index (χ2n) is 5.80. The molecule has 0 unspecified atom stereocenters. The van der Waals surface area contributed by atoms with Gasteiger partial charge in [0.2, 0.25) is 0 Å². The van der Waals surface area contributed by atoms with Gasteiger partial charge in [0.25, 0.3) is 0 Å². The minimum atomic E-state index is 0.669. The number of hydrogen-bond donors (Lipinski definition) is 1. The van der Waals surface area contributed by atoms with Gasteiger partial charge in [-0.05, 0) is 38.5 Å². The molecule has 0 atom stereocenters. The molecule has 0 aliphatic carbocycles. The Morgan fingerprint density at radius 1 is 0.750 bits per heavy atom. The van der Waals surface area contributed by atoms with Gasteiger partial charge in [-0.1, -0.05) is 82.7 Å². The first kappa shape index (κ1) is 19.6. The first-order valence-electron chi connectivity index (χ1n) is 8.70. The van der Waals surface area contributed by atoms with Crippen LogP contribution < -0.4 is 5.73 Å². The third-order valence-corrected chi connectivity index (χ3v) is 3.89. The smallest absolute Gasteiger partial charge is 0.0727 e. The number of hydrogen-bond acceptors (Lipinski definition) is 1. The van der Waals surface area contributed by atoms with Crippen molar-refractivity contribution in [3.63, 3.8) is 0 Å². The summed E-state index contributed by atoms with van der Waals surface area (Å²) in [5, 5.41) is 0. The molecular weight excluding hydrogens is 262 g/mol. The monoisotopic (exact) mass is 297 g/mol. The molecule has 0 fully saturated rings. The number of nitrogens with two attached hydrogens (primary N) is 1. The lowest BCUT2D eigenvalue weighted by Gasteiger charge is -2.00. The predicted octanol–water partition coefficient (Wildman–Crippen LogP) is 6.31. The van der Waals surface area contributed by atoms with E-state index in [1.54, 1.807) is 0 Å². The van der Waals surface area contributed by atoms with E-state index in [-0.39, 0.29) is 0 Å². The molecule has 1 nitrogen and oxygen atoms in total. The van der Waals surface area contributed by atoms with Crippen LogP contribution >= 0.6 is 12.2 Å². The fourth-order valence-electron chi connectivity index (χ4n) is 2.37. The van der Waals surface area contributed by atoms with Crippen LogP contribution in [-0.2, 0) is 0 Å². The lowest BCUT2D eigenvalue weighted by atomic mass is 10.1. The van der Waals surface area contributed by atoms with Gasteiger partial charge in [-0.2, -0.15) is 0 Å². The van der Waals surface area contributed by atoms with Gasteiger partial charge in [0.1, 0.15) is 0 Å². The summed E-state index contributed by atoms with van der Waals surface area (Å²) < 4.78 is 0. The van der Waals surface area contributed by atoms with Crippen molar-refractivity contribution < 1.29 is 0 Å². The van der Waals surface area contributed by atoms with Crippen LogP contribution in [-0.4, -0.2) is 4.99 Å². The van der Waals surface area contributed by atoms with Gasteiger partial charge in [0.15, 0.2) is 0 Å². The molecule has 0 saturated carbocycles. The highest BCUT2D eigenvalue weighted by atomic mass is 32.1. The van der Waals surface area contributed by atoms with Gasteiger partial charge in [0, 0.05) is 0 Å². The van der Waals surface area contributed by atoms with E-state index in [1.807, 2.05) is 0 Å². The Bertz CT molecular complexity index is 236. The Morgan fingerprint density at radius 2 is 1.20 bits per heavy atom. The van der Waals surface area contributed by atoms with Crippen LogP contribution in [0.15, 0.2) is 12.2 Å². The average Bonchev–Trinajstić information content (AvgIpc) is 2.43. The molecule has 0 aliphatic heterocycles. The van der Waals surface area contributed by atoms with E-state index in [0.29, 0.717) is 4.99 Å². The topological polar surface area (TPSA) is 26.0 Å². The summed E-state index contributed by atoms with van der Waals surface area (Å²) in [6.45, 7) is 2.27. The van der Waals surface area contributed by atoms with E-state index in [0.717, 1.165) is 6.42 Å². The minimum absolute atomic E-state index is 0.669. The van der Waals surface area contributed by atoms with Crippen molar-refractivity contribution in [3.05, 3.63) is 12.2 Å². The highest BCUT2D eigenvalue weighted by Crippen LogP contribution is 2.09. The van der Waals surface area contributed by atoms with Gasteiger partial charge in [-0.15, -0.1) is 0 Å². The molecule has 0 amide bonds. The van der Waals surface area contributed by atoms with Crippen LogP contribution in [0.25, 0.3) is 0 Å². The molecule has 0 spiro atoms. The standard InChI is InChI=1S/C18H35NS/c1-2-3-4-5-6-7-8-9-10-11-12-13-14-15-16-17-18(19)20/h9-10H,2-8,11-17H2,1H3,(H2,19,20)/b10-9-. The molecule has 0 radical (unpaired) electrons. The maximum atomic E-state index is 5.47. The summed E-state index contributed by atoms with van der Waals surface area (Å²) in [5.74, 6) is 0. The van der Waals surface area contributed by atoms with Crippen molar-refractivity contribution >= 4 is 17.2 Å². The van der Waals surface area contributed by atoms with E-state index in [1.165, 1.54) is 83.5 Å². The van der Waals surface area contributed by atoms with Crippen molar-refractivity contribution in [2.45, 2.75) is 96.8 Å². The van der Waals surface area contributed by atoms with E-state index in [9.17, 15) is 0 Å². The lowest BCUT2D eigenvalue weighted by Crippen LogP contribution is -2.06. The molecular formula is C18H35NS. The Kier molecular flexibility index (Phi) is 16.4. The van der Waals surface area contributed by atoms with Gasteiger partial charge in [0.05, 0.1) is 4.99 Å². The molecule has 0 aliphatic rings. The second-order valence-corrected chi connectivity index (χ2v) is 6.32. The number of allylic oxidation sites excluding steroid dienone is 2. The summed E-state index contributed by atoms with van der Waals surface area (Å²) >= 11 is 4.86. The predicted molar refractivity (Wildman–Crippen MR) is 96.2 cm³/mol. The molecule has 0 heterocycles. The lowest BCUT2D eigenvalue weighted by molar-refractivity contribution is 0.610. The Morgan fingerprint density at radius 3 is 1.70 bits per heavy atom. The van der Waals surface area contributed by atoms with E-state index in [4.69, 9.17) is 18.0 Å². The maximum absolute atomic E-state index is 5.47. The second kappa shape index (κ2) is 16.7. The zero-order chi connectivity index (χ0) is 14.9. The Hall–Kier alpha value is -0.370. The van der Waals surface area contributed by atoms with E-state index < -0.39 is 0 Å². The molecule has 2 heteroatoms. The zero-order valence-corrected chi connectivity index (χ0v) is 14.4. The molecule has 0 aromatic carbocycles. The molecule has 0 rings (SSSR count). The molecule has 0 aromatic rings. The highest BCUT2D eigenvalue weighted by Gasteiger charge is 1.92. The van der Waals surface area contributed by atoms with Gasteiger partial charge < -0.3 is 5.73 Å². The van der Waals surface area contributed by atoms with Crippen LogP contribution in [0.5, 0.6) is 0 Å². The van der Waals surface area contributed by atoms with Crippen molar-refractivity contribution in [2.75, 3.05) is 0 Å². The summed E-state index contributed by atoms with van der Waals surface area (Å²) in [6.07, 6.45) is 23.1.